The van der Waals surface area contributed by atoms with Crippen molar-refractivity contribution in [3.63, 3.8) is 0 Å². The van der Waals surface area contributed by atoms with Gasteiger partial charge >= 0.3 is 6.18 Å². The highest BCUT2D eigenvalue weighted by Crippen LogP contribution is 2.29. The standard InChI is InChI=1S/C14H11F3O.H3N/c15-14(16,17)12-8-6-11(7-9-12)10-18-13-4-2-1-3-5-13;/h1-9H,10H2;1H3. The molecule has 102 valence electrons. The average Bonchev–Trinajstić information content (AvgIpc) is 2.37. The minimum absolute atomic E-state index is 0. The molecule has 2 aromatic carbocycles. The molecule has 0 fully saturated rings. The number of halogens is 3. The molecular weight excluding hydrogens is 255 g/mol. The summed E-state index contributed by atoms with van der Waals surface area (Å²) in [7, 11) is 0. The Balaban J connectivity index is 0.00000180. The lowest BCUT2D eigenvalue weighted by atomic mass is 10.1. The van der Waals surface area contributed by atoms with Crippen molar-refractivity contribution >= 4 is 0 Å². The molecule has 2 nitrogen and oxygen atoms in total. The van der Waals surface area contributed by atoms with Crippen LogP contribution in [0.2, 0.25) is 0 Å². The fourth-order valence-corrected chi connectivity index (χ4v) is 1.47. The lowest BCUT2D eigenvalue weighted by Crippen LogP contribution is -2.05. The first-order chi connectivity index (χ1) is 8.55. The van der Waals surface area contributed by atoms with E-state index in [1.54, 1.807) is 12.1 Å². The molecule has 0 aliphatic carbocycles. The predicted molar refractivity (Wildman–Crippen MR) is 67.2 cm³/mol. The van der Waals surface area contributed by atoms with Crippen molar-refractivity contribution in [1.82, 2.24) is 6.15 Å². The van der Waals surface area contributed by atoms with Crippen molar-refractivity contribution in [3.8, 4) is 5.75 Å². The van der Waals surface area contributed by atoms with Gasteiger partial charge in [-0.15, -0.1) is 0 Å². The maximum Gasteiger partial charge on any atom is 0.416 e. The van der Waals surface area contributed by atoms with Crippen molar-refractivity contribution in [3.05, 3.63) is 65.7 Å². The Morgan fingerprint density at radius 1 is 0.842 bits per heavy atom. The normalized spacial score (nSPS) is 10.7. The zero-order valence-corrected chi connectivity index (χ0v) is 10.2. The molecule has 0 spiro atoms. The fraction of sp³-hybridized carbons (Fsp3) is 0.143. The lowest BCUT2D eigenvalue weighted by molar-refractivity contribution is -0.137. The third kappa shape index (κ3) is 4.30. The van der Waals surface area contributed by atoms with Crippen LogP contribution in [0.1, 0.15) is 11.1 Å². The number of ether oxygens (including phenoxy) is 1. The largest absolute Gasteiger partial charge is 0.489 e. The van der Waals surface area contributed by atoms with Gasteiger partial charge in [0.25, 0.3) is 0 Å². The third-order valence-corrected chi connectivity index (χ3v) is 2.43. The Morgan fingerprint density at radius 2 is 1.42 bits per heavy atom. The molecule has 0 bridgehead atoms. The van der Waals surface area contributed by atoms with Gasteiger partial charge in [-0.3, -0.25) is 0 Å². The topological polar surface area (TPSA) is 44.2 Å². The van der Waals surface area contributed by atoms with E-state index in [9.17, 15) is 13.2 Å². The zero-order valence-electron chi connectivity index (χ0n) is 10.2. The second-order valence-electron chi connectivity index (χ2n) is 3.80. The number of hydrogen-bond donors (Lipinski definition) is 1. The quantitative estimate of drug-likeness (QED) is 0.894. The summed E-state index contributed by atoms with van der Waals surface area (Å²) in [5.41, 5.74) is 0.0535. The summed E-state index contributed by atoms with van der Waals surface area (Å²) in [5, 5.41) is 0. The second kappa shape index (κ2) is 6.24. The number of benzene rings is 2. The molecule has 2 rings (SSSR count). The summed E-state index contributed by atoms with van der Waals surface area (Å²) in [6.07, 6.45) is -4.29. The summed E-state index contributed by atoms with van der Waals surface area (Å²) in [6.45, 7) is 0.252. The molecule has 3 N–H and O–H groups in total. The lowest BCUT2D eigenvalue weighted by Gasteiger charge is -2.08. The van der Waals surface area contributed by atoms with Gasteiger partial charge in [0.2, 0.25) is 0 Å². The maximum absolute atomic E-state index is 12.3. The van der Waals surface area contributed by atoms with Crippen LogP contribution in [0, 0.1) is 0 Å². The van der Waals surface area contributed by atoms with E-state index in [1.165, 1.54) is 12.1 Å². The molecule has 0 saturated heterocycles. The molecule has 5 heteroatoms. The SMILES string of the molecule is FC(F)(F)c1ccc(COc2ccccc2)cc1.N. The first kappa shape index (κ1) is 15.0. The van der Waals surface area contributed by atoms with E-state index in [0.717, 1.165) is 12.1 Å². The highest BCUT2D eigenvalue weighted by Gasteiger charge is 2.29. The summed E-state index contributed by atoms with van der Waals surface area (Å²) in [4.78, 5) is 0. The van der Waals surface area contributed by atoms with Crippen LogP contribution in [-0.2, 0) is 12.8 Å². The number of hydrogen-bond acceptors (Lipinski definition) is 2. The molecule has 0 amide bonds. The molecule has 0 aliphatic rings. The van der Waals surface area contributed by atoms with E-state index in [0.29, 0.717) is 11.3 Å². The highest BCUT2D eigenvalue weighted by molar-refractivity contribution is 5.25. The maximum atomic E-state index is 12.3. The van der Waals surface area contributed by atoms with Crippen LogP contribution >= 0.6 is 0 Å². The van der Waals surface area contributed by atoms with Crippen LogP contribution in [0.25, 0.3) is 0 Å². The Kier molecular flexibility index (Phi) is 4.94. The fourth-order valence-electron chi connectivity index (χ4n) is 1.47. The zero-order chi connectivity index (χ0) is 13.0. The van der Waals surface area contributed by atoms with Crippen molar-refractivity contribution < 1.29 is 17.9 Å². The van der Waals surface area contributed by atoms with E-state index in [2.05, 4.69) is 0 Å². The van der Waals surface area contributed by atoms with Gasteiger partial charge in [-0.2, -0.15) is 13.2 Å². The van der Waals surface area contributed by atoms with Crippen LogP contribution in [0.3, 0.4) is 0 Å². The van der Waals surface area contributed by atoms with Gasteiger partial charge in [-0.05, 0) is 29.8 Å². The van der Waals surface area contributed by atoms with Gasteiger partial charge in [0, 0.05) is 0 Å². The molecule has 0 unspecified atom stereocenters. The first-order valence-electron chi connectivity index (χ1n) is 5.40. The highest BCUT2D eigenvalue weighted by atomic mass is 19.4. The Hall–Kier alpha value is -2.01. The summed E-state index contributed by atoms with van der Waals surface area (Å²) < 4.78 is 42.5. The average molecular weight is 269 g/mol. The van der Waals surface area contributed by atoms with Crippen LogP contribution < -0.4 is 10.9 Å². The van der Waals surface area contributed by atoms with Crippen LogP contribution in [0.4, 0.5) is 13.2 Å². The van der Waals surface area contributed by atoms with E-state index in [1.807, 2.05) is 18.2 Å². The Bertz CT molecular complexity index is 494. The van der Waals surface area contributed by atoms with Crippen molar-refractivity contribution in [1.29, 1.82) is 0 Å². The Morgan fingerprint density at radius 3 is 1.95 bits per heavy atom. The molecule has 0 radical (unpaired) electrons. The molecule has 0 heterocycles. The van der Waals surface area contributed by atoms with E-state index >= 15 is 0 Å². The van der Waals surface area contributed by atoms with Gasteiger partial charge in [-0.1, -0.05) is 30.3 Å². The van der Waals surface area contributed by atoms with Gasteiger partial charge in [-0.25, -0.2) is 0 Å². The van der Waals surface area contributed by atoms with Crippen LogP contribution in [0.5, 0.6) is 5.75 Å². The first-order valence-corrected chi connectivity index (χ1v) is 5.40. The van der Waals surface area contributed by atoms with Crippen molar-refractivity contribution in [2.45, 2.75) is 12.8 Å². The van der Waals surface area contributed by atoms with E-state index in [4.69, 9.17) is 4.74 Å². The summed E-state index contributed by atoms with van der Waals surface area (Å²) in [5.74, 6) is 0.692. The molecule has 0 aliphatic heterocycles. The number of alkyl halides is 3. The van der Waals surface area contributed by atoms with Gasteiger partial charge in [0.15, 0.2) is 0 Å². The number of para-hydroxylation sites is 1. The van der Waals surface area contributed by atoms with Gasteiger partial charge in [0.05, 0.1) is 5.56 Å². The predicted octanol–water partition coefficient (Wildman–Crippen LogP) is 4.45. The van der Waals surface area contributed by atoms with Gasteiger partial charge < -0.3 is 10.9 Å². The molecule has 0 atom stereocenters. The number of rotatable bonds is 3. The Labute approximate surface area is 109 Å². The minimum Gasteiger partial charge on any atom is -0.489 e. The molecular formula is C14H14F3NO. The van der Waals surface area contributed by atoms with Crippen molar-refractivity contribution in [2.75, 3.05) is 0 Å². The van der Waals surface area contributed by atoms with Crippen LogP contribution in [0.15, 0.2) is 54.6 Å². The van der Waals surface area contributed by atoms with Gasteiger partial charge in [0.1, 0.15) is 12.4 Å². The van der Waals surface area contributed by atoms with Crippen molar-refractivity contribution in [2.24, 2.45) is 0 Å². The summed E-state index contributed by atoms with van der Waals surface area (Å²) >= 11 is 0. The van der Waals surface area contributed by atoms with E-state index < -0.39 is 11.7 Å². The molecule has 19 heavy (non-hydrogen) atoms. The minimum atomic E-state index is -4.29. The summed E-state index contributed by atoms with van der Waals surface area (Å²) in [6, 6.07) is 14.1. The monoisotopic (exact) mass is 269 g/mol. The second-order valence-corrected chi connectivity index (χ2v) is 3.80. The smallest absolute Gasteiger partial charge is 0.416 e. The van der Waals surface area contributed by atoms with Crippen LogP contribution in [-0.4, -0.2) is 0 Å². The molecule has 0 saturated carbocycles. The molecule has 0 aromatic heterocycles. The third-order valence-electron chi connectivity index (χ3n) is 2.43. The van der Waals surface area contributed by atoms with E-state index in [-0.39, 0.29) is 12.8 Å². The molecule has 2 aromatic rings.